The minimum absolute atomic E-state index is 0.168. The molecule has 0 radical (unpaired) electrons. The number of benzene rings is 3. The van der Waals surface area contributed by atoms with E-state index >= 15 is 0 Å². The lowest BCUT2D eigenvalue weighted by Gasteiger charge is -2.18. The zero-order valence-corrected chi connectivity index (χ0v) is 19.6. The van der Waals surface area contributed by atoms with Gasteiger partial charge in [0.05, 0.1) is 12.7 Å². The molecule has 1 atom stereocenters. The summed E-state index contributed by atoms with van der Waals surface area (Å²) < 4.78 is 12.3. The van der Waals surface area contributed by atoms with Gasteiger partial charge in [-0.1, -0.05) is 36.4 Å². The molecule has 0 spiro atoms. The molecule has 5 heteroatoms. The second kappa shape index (κ2) is 10.7. The molecule has 1 saturated heterocycles. The Balaban J connectivity index is 1.42. The topological polar surface area (TPSA) is 68.0 Å². The fourth-order valence-corrected chi connectivity index (χ4v) is 4.45. The molecule has 0 saturated carbocycles. The molecule has 0 amide bonds. The van der Waals surface area contributed by atoms with Crippen LogP contribution in [0.2, 0.25) is 0 Å². The van der Waals surface area contributed by atoms with Crippen LogP contribution in [0.3, 0.4) is 0 Å². The molecule has 4 rings (SSSR count). The van der Waals surface area contributed by atoms with Crippen molar-refractivity contribution < 1.29 is 14.6 Å². The number of nitrogens with zero attached hydrogens (tertiary/aromatic N) is 1. The fraction of sp³-hybridized carbons (Fsp3) is 0.357. The highest BCUT2D eigenvalue weighted by molar-refractivity contribution is 5.74. The van der Waals surface area contributed by atoms with Gasteiger partial charge in [0.2, 0.25) is 0 Å². The average molecular weight is 447 g/mol. The lowest BCUT2D eigenvalue weighted by molar-refractivity contribution is 0.173. The smallest absolute Gasteiger partial charge is 0.123 e. The maximum atomic E-state index is 9.67. The molecule has 3 N–H and O–H groups in total. The van der Waals surface area contributed by atoms with Crippen molar-refractivity contribution in [1.29, 1.82) is 0 Å². The minimum atomic E-state index is -0.168. The fourth-order valence-electron chi connectivity index (χ4n) is 4.45. The number of β-amino-alcohol motifs (C(OH)–C–C–N with tert-alkyl or cyclic N) is 1. The van der Waals surface area contributed by atoms with E-state index < -0.39 is 0 Å². The Bertz CT molecular complexity index is 1080. The third kappa shape index (κ3) is 5.86. The molecular formula is C28H34N2O3. The summed E-state index contributed by atoms with van der Waals surface area (Å²) in [5.41, 5.74) is 12.2. The number of hydrogen-bond donors (Lipinski definition) is 2. The Hall–Kier alpha value is -3.02. The van der Waals surface area contributed by atoms with Crippen LogP contribution in [0.15, 0.2) is 60.7 Å². The van der Waals surface area contributed by atoms with Crippen LogP contribution in [0, 0.1) is 13.8 Å². The van der Waals surface area contributed by atoms with Crippen molar-refractivity contribution in [2.24, 2.45) is 0 Å². The highest BCUT2D eigenvalue weighted by atomic mass is 16.5. The van der Waals surface area contributed by atoms with Gasteiger partial charge in [-0.25, -0.2) is 0 Å². The number of aliphatic hydroxyl groups excluding tert-OH is 1. The summed E-state index contributed by atoms with van der Waals surface area (Å²) in [6.45, 7) is 8.07. The van der Waals surface area contributed by atoms with E-state index in [1.165, 1.54) is 0 Å². The van der Waals surface area contributed by atoms with Crippen molar-refractivity contribution in [3.05, 3.63) is 77.4 Å². The number of rotatable bonds is 9. The van der Waals surface area contributed by atoms with Crippen LogP contribution < -0.4 is 15.2 Å². The maximum absolute atomic E-state index is 9.67. The molecule has 0 aromatic heterocycles. The summed E-state index contributed by atoms with van der Waals surface area (Å²) in [7, 11) is 0. The third-order valence-corrected chi connectivity index (χ3v) is 6.33. The van der Waals surface area contributed by atoms with Crippen LogP contribution in [0.5, 0.6) is 11.5 Å². The van der Waals surface area contributed by atoms with E-state index in [9.17, 15) is 5.11 Å². The number of hydrogen-bond acceptors (Lipinski definition) is 5. The van der Waals surface area contributed by atoms with Gasteiger partial charge in [0.1, 0.15) is 18.1 Å². The third-order valence-electron chi connectivity index (χ3n) is 6.33. The zero-order valence-electron chi connectivity index (χ0n) is 19.6. The summed E-state index contributed by atoms with van der Waals surface area (Å²) in [5.74, 6) is 1.79. The van der Waals surface area contributed by atoms with Gasteiger partial charge < -0.3 is 25.2 Å². The van der Waals surface area contributed by atoms with E-state index in [1.54, 1.807) is 0 Å². The normalized spacial score (nSPS) is 16.2. The number of nitrogen functional groups attached to an aromatic ring is 1. The van der Waals surface area contributed by atoms with Crippen molar-refractivity contribution in [2.75, 3.05) is 32.0 Å². The number of nitrogens with two attached hydrogens (primary N) is 1. The van der Waals surface area contributed by atoms with Crippen molar-refractivity contribution in [1.82, 2.24) is 4.90 Å². The summed E-state index contributed by atoms with van der Waals surface area (Å²) in [5, 5.41) is 9.67. The first kappa shape index (κ1) is 23.1. The predicted octanol–water partition coefficient (Wildman–Crippen LogP) is 4.97. The lowest BCUT2D eigenvalue weighted by Crippen LogP contribution is -2.24. The first-order valence-corrected chi connectivity index (χ1v) is 11.7. The van der Waals surface area contributed by atoms with Gasteiger partial charge in [-0.2, -0.15) is 0 Å². The Morgan fingerprint density at radius 3 is 2.24 bits per heavy atom. The molecule has 174 valence electrons. The molecule has 3 aromatic carbocycles. The standard InChI is InChI=1S/C28H34N2O3/c1-20-25(9-4-11-27(20)32-16-6-14-30-15-13-24(31)18-30)26-10-5-12-28(21(26)2)33-19-22-7-3-8-23(29)17-22/h3-5,7-12,17,24,31H,6,13-16,18-19,29H2,1-2H3. The number of ether oxygens (including phenoxy) is 2. The zero-order chi connectivity index (χ0) is 23.2. The molecule has 0 bridgehead atoms. The van der Waals surface area contributed by atoms with Gasteiger partial charge in [0, 0.05) is 25.3 Å². The van der Waals surface area contributed by atoms with Crippen LogP contribution in [0.1, 0.15) is 29.5 Å². The molecule has 1 unspecified atom stereocenters. The Morgan fingerprint density at radius 2 is 1.61 bits per heavy atom. The Labute approximate surface area is 196 Å². The SMILES string of the molecule is Cc1c(OCCCN2CCC(O)C2)cccc1-c1cccc(OCc2cccc(N)c2)c1C. The van der Waals surface area contributed by atoms with Gasteiger partial charge in [-0.3, -0.25) is 0 Å². The summed E-state index contributed by atoms with van der Waals surface area (Å²) in [6, 6.07) is 20.2. The molecule has 1 heterocycles. The summed E-state index contributed by atoms with van der Waals surface area (Å²) in [6.07, 6.45) is 1.66. The van der Waals surface area contributed by atoms with Gasteiger partial charge in [0.15, 0.2) is 0 Å². The van der Waals surface area contributed by atoms with E-state index in [-0.39, 0.29) is 6.10 Å². The number of likely N-dealkylation sites (tertiary alicyclic amines) is 1. The van der Waals surface area contributed by atoms with Gasteiger partial charge in [0.25, 0.3) is 0 Å². The van der Waals surface area contributed by atoms with E-state index in [0.717, 1.165) is 77.5 Å². The van der Waals surface area contributed by atoms with Crippen molar-refractivity contribution in [3.8, 4) is 22.6 Å². The molecule has 1 fully saturated rings. The first-order chi connectivity index (χ1) is 16.0. The first-order valence-electron chi connectivity index (χ1n) is 11.7. The Kier molecular flexibility index (Phi) is 7.53. The molecule has 33 heavy (non-hydrogen) atoms. The molecule has 0 aliphatic carbocycles. The highest BCUT2D eigenvalue weighted by Crippen LogP contribution is 2.35. The second-order valence-corrected chi connectivity index (χ2v) is 8.84. The highest BCUT2D eigenvalue weighted by Gasteiger charge is 2.19. The summed E-state index contributed by atoms with van der Waals surface area (Å²) in [4.78, 5) is 2.30. The van der Waals surface area contributed by atoms with Crippen molar-refractivity contribution in [3.63, 3.8) is 0 Å². The molecule has 3 aromatic rings. The van der Waals surface area contributed by atoms with Crippen LogP contribution in [-0.4, -0.2) is 42.4 Å². The van der Waals surface area contributed by atoms with Crippen molar-refractivity contribution >= 4 is 5.69 Å². The van der Waals surface area contributed by atoms with Gasteiger partial charge in [-0.05, 0) is 78.8 Å². The van der Waals surface area contributed by atoms with Crippen LogP contribution >= 0.6 is 0 Å². The van der Waals surface area contributed by atoms with E-state index in [4.69, 9.17) is 15.2 Å². The lowest BCUT2D eigenvalue weighted by atomic mass is 9.95. The van der Waals surface area contributed by atoms with E-state index in [2.05, 4.69) is 30.9 Å². The van der Waals surface area contributed by atoms with E-state index in [0.29, 0.717) is 13.2 Å². The van der Waals surface area contributed by atoms with Crippen molar-refractivity contribution in [2.45, 2.75) is 39.4 Å². The summed E-state index contributed by atoms with van der Waals surface area (Å²) >= 11 is 0. The van der Waals surface area contributed by atoms with Gasteiger partial charge in [-0.15, -0.1) is 0 Å². The largest absolute Gasteiger partial charge is 0.493 e. The minimum Gasteiger partial charge on any atom is -0.493 e. The molecular weight excluding hydrogens is 412 g/mol. The number of anilines is 1. The van der Waals surface area contributed by atoms with Crippen LogP contribution in [-0.2, 0) is 6.61 Å². The second-order valence-electron chi connectivity index (χ2n) is 8.84. The quantitative estimate of drug-likeness (QED) is 0.359. The molecule has 1 aliphatic heterocycles. The van der Waals surface area contributed by atoms with Crippen LogP contribution in [0.25, 0.3) is 11.1 Å². The van der Waals surface area contributed by atoms with Gasteiger partial charge >= 0.3 is 0 Å². The molecule has 5 nitrogen and oxygen atoms in total. The molecule has 1 aliphatic rings. The maximum Gasteiger partial charge on any atom is 0.123 e. The monoisotopic (exact) mass is 446 g/mol. The predicted molar refractivity (Wildman–Crippen MR) is 134 cm³/mol. The average Bonchev–Trinajstić information content (AvgIpc) is 3.22. The Morgan fingerprint density at radius 1 is 0.939 bits per heavy atom. The number of aliphatic hydroxyl groups is 1. The van der Waals surface area contributed by atoms with E-state index in [1.807, 2.05) is 48.5 Å². The van der Waals surface area contributed by atoms with Crippen LogP contribution in [0.4, 0.5) is 5.69 Å².